The second kappa shape index (κ2) is 14.8. The van der Waals surface area contributed by atoms with Crippen molar-refractivity contribution in [2.75, 3.05) is 29.1 Å². The van der Waals surface area contributed by atoms with Gasteiger partial charge in [-0.2, -0.15) is 0 Å². The van der Waals surface area contributed by atoms with E-state index in [0.717, 1.165) is 18.5 Å². The fraction of sp³-hybridized carbons (Fsp3) is 0.459. The van der Waals surface area contributed by atoms with Crippen LogP contribution in [0.3, 0.4) is 0 Å². The number of rotatable bonds is 13. The van der Waals surface area contributed by atoms with Crippen molar-refractivity contribution in [3.8, 4) is 0 Å². The number of nitrogen functional groups attached to an aromatic ring is 1. The molecule has 262 valence electrons. The van der Waals surface area contributed by atoms with Gasteiger partial charge in [-0.15, -0.1) is 5.10 Å². The smallest absolute Gasteiger partial charge is 0.264 e. The minimum atomic E-state index is -2.88. The van der Waals surface area contributed by atoms with E-state index < -0.39 is 20.0 Å². The summed E-state index contributed by atoms with van der Waals surface area (Å²) < 4.78 is 8.71. The Kier molecular flexibility index (Phi) is 10.9. The first-order valence-electron chi connectivity index (χ1n) is 17.1. The van der Waals surface area contributed by atoms with E-state index in [1.54, 1.807) is 40.0 Å². The first-order chi connectivity index (χ1) is 23.2. The van der Waals surface area contributed by atoms with Crippen molar-refractivity contribution in [1.29, 1.82) is 0 Å². The van der Waals surface area contributed by atoms with Gasteiger partial charge < -0.3 is 30.6 Å². The number of hydrogen-bond donors (Lipinski definition) is 4. The van der Waals surface area contributed by atoms with Crippen LogP contribution in [-0.4, -0.2) is 64.3 Å². The lowest BCUT2D eigenvalue weighted by Gasteiger charge is -2.32. The van der Waals surface area contributed by atoms with Gasteiger partial charge in [0.25, 0.3) is 11.8 Å². The number of carbonyl (C=O) groups excluding carboxylic acids is 2. The van der Waals surface area contributed by atoms with Crippen molar-refractivity contribution in [3.05, 3.63) is 88.8 Å². The van der Waals surface area contributed by atoms with E-state index in [0.29, 0.717) is 54.1 Å². The number of benzene rings is 2. The van der Waals surface area contributed by atoms with Crippen LogP contribution in [-0.2, 0) is 28.1 Å². The second-order valence-electron chi connectivity index (χ2n) is 14.2. The Morgan fingerprint density at radius 3 is 2.55 bits per heavy atom. The molecular weight excluding hydrogens is 637 g/mol. The average Bonchev–Trinajstić information content (AvgIpc) is 3.68. The Hall–Kier alpha value is -4.10. The lowest BCUT2D eigenvalue weighted by atomic mass is 9.82. The normalized spacial score (nSPS) is 22.1. The number of ether oxygens (including phenoxy) is 1. The number of aliphatic hydroxyl groups excluding tert-OH is 1. The molecular formula is C37H50N6O5Si. The van der Waals surface area contributed by atoms with Gasteiger partial charge in [0.1, 0.15) is 0 Å². The number of nitrogens with one attached hydrogen (secondary N) is 1. The molecule has 2 amide bonds. The van der Waals surface area contributed by atoms with Crippen LogP contribution in [0.1, 0.15) is 68.6 Å². The van der Waals surface area contributed by atoms with Crippen LogP contribution in [0.15, 0.2) is 72.0 Å². The summed E-state index contributed by atoms with van der Waals surface area (Å²) in [6.07, 6.45) is 8.44. The summed E-state index contributed by atoms with van der Waals surface area (Å²) in [6, 6.07) is 12.3. The molecule has 5 N–H and O–H groups in total. The summed E-state index contributed by atoms with van der Waals surface area (Å²) in [6.45, 7) is 12.9. The van der Waals surface area contributed by atoms with Crippen molar-refractivity contribution in [2.24, 2.45) is 5.92 Å². The quantitative estimate of drug-likeness (QED) is 0.103. The van der Waals surface area contributed by atoms with Gasteiger partial charge in [-0.1, -0.05) is 35.4 Å². The highest BCUT2D eigenvalue weighted by atomic mass is 28.4. The van der Waals surface area contributed by atoms with Crippen LogP contribution in [0.5, 0.6) is 0 Å². The Balaban J connectivity index is 1.51. The summed E-state index contributed by atoms with van der Waals surface area (Å²) in [4.78, 5) is 41.5. The molecule has 2 aromatic carbocycles. The third-order valence-electron chi connectivity index (χ3n) is 9.72. The number of aromatic nitrogens is 3. The monoisotopic (exact) mass is 686 g/mol. The Morgan fingerprint density at radius 1 is 1.14 bits per heavy atom. The van der Waals surface area contributed by atoms with Gasteiger partial charge in [-0.05, 0) is 95.6 Å². The van der Waals surface area contributed by atoms with E-state index in [9.17, 15) is 19.5 Å². The predicted molar refractivity (Wildman–Crippen MR) is 195 cm³/mol. The number of nitrogens with two attached hydrogens (primary N) is 1. The van der Waals surface area contributed by atoms with Crippen LogP contribution in [0.2, 0.25) is 18.6 Å². The molecule has 1 fully saturated rings. The van der Waals surface area contributed by atoms with Crippen molar-refractivity contribution >= 4 is 37.2 Å². The molecule has 0 bridgehead atoms. The van der Waals surface area contributed by atoms with E-state index in [1.807, 2.05) is 38.2 Å². The molecule has 4 atom stereocenters. The maximum absolute atomic E-state index is 14.8. The first kappa shape index (κ1) is 36.2. The van der Waals surface area contributed by atoms with Gasteiger partial charge in [-0.3, -0.25) is 14.3 Å². The summed E-state index contributed by atoms with van der Waals surface area (Å²) in [5, 5.41) is 20.6. The van der Waals surface area contributed by atoms with Gasteiger partial charge >= 0.3 is 0 Å². The lowest BCUT2D eigenvalue weighted by molar-refractivity contribution is -0.145. The molecule has 1 aromatic heterocycles. The molecule has 2 aliphatic heterocycles. The zero-order chi connectivity index (χ0) is 35.5. The van der Waals surface area contributed by atoms with E-state index in [2.05, 4.69) is 48.6 Å². The zero-order valence-corrected chi connectivity index (χ0v) is 30.4. The first-order valence-corrected chi connectivity index (χ1v) is 20.1. The number of fused-ring (bicyclic) bond motifs is 2. The molecule has 0 saturated carbocycles. The van der Waals surface area contributed by atoms with E-state index >= 15 is 0 Å². The number of nitrogens with zero attached hydrogens (tertiary/aromatic N) is 4. The number of hydrogen-bond acceptors (Lipinski definition) is 8. The van der Waals surface area contributed by atoms with Crippen molar-refractivity contribution in [3.63, 3.8) is 0 Å². The van der Waals surface area contributed by atoms with E-state index in [1.165, 1.54) is 11.1 Å². The SMILES string of the molecule is CC(C)=CCC/C(C)=C/CN1C(=O)[C@@]2(O[C@@H](CCn3cc(CCO)nn3)[C@H]([Si](C)(C)O)[C@H]2C)c2cc(NC(=O)c3ccc(N)cc3)ccc21. The Morgan fingerprint density at radius 2 is 1.88 bits per heavy atom. The molecule has 1 spiro atoms. The van der Waals surface area contributed by atoms with Gasteiger partial charge in [-0.25, -0.2) is 0 Å². The van der Waals surface area contributed by atoms with Crippen LogP contribution in [0.4, 0.5) is 17.1 Å². The summed E-state index contributed by atoms with van der Waals surface area (Å²) in [5.74, 6) is -0.812. The van der Waals surface area contributed by atoms with Gasteiger partial charge in [0.15, 0.2) is 13.9 Å². The molecule has 3 heterocycles. The number of aliphatic hydroxyl groups is 1. The Labute approximate surface area is 290 Å². The third kappa shape index (κ3) is 7.72. The molecule has 49 heavy (non-hydrogen) atoms. The molecule has 2 aliphatic rings. The highest BCUT2D eigenvalue weighted by Crippen LogP contribution is 2.60. The predicted octanol–water partition coefficient (Wildman–Crippen LogP) is 5.57. The van der Waals surface area contributed by atoms with Crippen LogP contribution >= 0.6 is 0 Å². The van der Waals surface area contributed by atoms with Crippen molar-refractivity contribution in [1.82, 2.24) is 15.0 Å². The third-order valence-corrected chi connectivity index (χ3v) is 12.2. The van der Waals surface area contributed by atoms with Crippen molar-refractivity contribution in [2.45, 2.75) is 90.3 Å². The number of aryl methyl sites for hydroxylation is 1. The summed E-state index contributed by atoms with van der Waals surface area (Å²) in [7, 11) is -2.88. The standard InChI is InChI=1S/C37H50N6O5Si/c1-24(2)8-7-9-25(3)16-20-43-32-15-14-29(39-35(45)27-10-12-28(38)13-11-27)22-31(32)37(36(43)46)26(4)34(49(5,6)47)33(48-37)17-19-42-23-30(18-21-44)40-41-42/h8,10-16,22-23,26,33-34,44,47H,7,9,17-21,38H2,1-6H3,(H,39,45)/b25-16+/t26-,33+,34-,37+/m1/s1. The minimum Gasteiger partial charge on any atom is -0.432 e. The summed E-state index contributed by atoms with van der Waals surface area (Å²) in [5.41, 5.74) is 10.4. The molecule has 0 radical (unpaired) electrons. The summed E-state index contributed by atoms with van der Waals surface area (Å²) >= 11 is 0. The van der Waals surface area contributed by atoms with Crippen LogP contribution in [0.25, 0.3) is 0 Å². The van der Waals surface area contributed by atoms with Gasteiger partial charge in [0.2, 0.25) is 0 Å². The van der Waals surface area contributed by atoms with E-state index in [4.69, 9.17) is 10.5 Å². The topological polar surface area (TPSA) is 156 Å². The fourth-order valence-electron chi connectivity index (χ4n) is 7.32. The molecule has 3 aromatic rings. The van der Waals surface area contributed by atoms with Gasteiger partial charge in [0.05, 0.1) is 17.5 Å². The van der Waals surface area contributed by atoms with Crippen LogP contribution in [0, 0.1) is 5.92 Å². The van der Waals surface area contributed by atoms with Crippen LogP contribution < -0.4 is 16.0 Å². The molecule has 12 heteroatoms. The molecule has 5 rings (SSSR count). The lowest BCUT2D eigenvalue weighted by Crippen LogP contribution is -2.46. The highest BCUT2D eigenvalue weighted by Gasteiger charge is 2.66. The average molecular weight is 687 g/mol. The number of anilines is 3. The molecule has 1 saturated heterocycles. The van der Waals surface area contributed by atoms with E-state index in [-0.39, 0.29) is 29.9 Å². The minimum absolute atomic E-state index is 0.0124. The maximum atomic E-state index is 14.8. The van der Waals surface area contributed by atoms with Gasteiger partial charge in [0, 0.05) is 66.3 Å². The second-order valence-corrected chi connectivity index (χ2v) is 18.2. The van der Waals surface area contributed by atoms with Crippen molar-refractivity contribution < 1.29 is 24.2 Å². The fourth-order valence-corrected chi connectivity index (χ4v) is 9.92. The highest BCUT2D eigenvalue weighted by molar-refractivity contribution is 6.71. The molecule has 0 aliphatic carbocycles. The molecule has 0 unspecified atom stereocenters. The Bertz CT molecular complexity index is 1730. The number of amides is 2. The zero-order valence-electron chi connectivity index (χ0n) is 29.4. The maximum Gasteiger partial charge on any atom is 0.264 e. The number of carbonyl (C=O) groups is 2. The molecule has 11 nitrogen and oxygen atoms in total. The number of allylic oxidation sites excluding steroid dienone is 3. The largest absolute Gasteiger partial charge is 0.432 e.